The van der Waals surface area contributed by atoms with Crippen molar-refractivity contribution in [3.63, 3.8) is 0 Å². The van der Waals surface area contributed by atoms with Gasteiger partial charge in [0.25, 0.3) is 5.91 Å². The largest absolute Gasteiger partial charge is 0.487 e. The number of hydrogen-bond acceptors (Lipinski definition) is 5. The van der Waals surface area contributed by atoms with Crippen LogP contribution in [0.4, 0.5) is 14.5 Å². The summed E-state index contributed by atoms with van der Waals surface area (Å²) in [6.07, 6.45) is 1.65. The second-order valence-electron chi connectivity index (χ2n) is 7.31. The second kappa shape index (κ2) is 7.79. The highest BCUT2D eigenvalue weighted by Gasteiger charge is 2.28. The van der Waals surface area contributed by atoms with E-state index in [1.165, 1.54) is 24.3 Å². The predicted molar refractivity (Wildman–Crippen MR) is 119 cm³/mol. The number of benzene rings is 2. The van der Waals surface area contributed by atoms with Gasteiger partial charge in [-0.1, -0.05) is 11.8 Å². The third-order valence-electron chi connectivity index (χ3n) is 5.05. The predicted octanol–water partition coefficient (Wildman–Crippen LogP) is 5.51. The van der Waals surface area contributed by atoms with E-state index in [4.69, 9.17) is 16.6 Å². The molecule has 1 amide bonds. The summed E-state index contributed by atoms with van der Waals surface area (Å²) in [6, 6.07) is 11.2. The quantitative estimate of drug-likeness (QED) is 0.372. The lowest BCUT2D eigenvalue weighted by Crippen LogP contribution is -2.16. The molecule has 32 heavy (non-hydrogen) atoms. The maximum atomic E-state index is 13.0. The zero-order chi connectivity index (χ0) is 22.5. The van der Waals surface area contributed by atoms with Gasteiger partial charge in [-0.15, -0.1) is 8.78 Å². The smallest absolute Gasteiger partial charge is 0.420 e. The minimum atomic E-state index is -3.80. The fourth-order valence-corrected chi connectivity index (χ4v) is 4.88. The molecule has 3 heterocycles. The molecule has 2 N–H and O–H groups in total. The Bertz CT molecular complexity index is 1300. The molecule has 2 aromatic heterocycles. The van der Waals surface area contributed by atoms with Gasteiger partial charge in [-0.3, -0.25) is 9.89 Å². The first-order chi connectivity index (χ1) is 15.3. The molecule has 0 saturated carbocycles. The third-order valence-corrected chi connectivity index (χ3v) is 6.32. The van der Waals surface area contributed by atoms with Crippen LogP contribution in [0, 0.1) is 0 Å². The van der Waals surface area contributed by atoms with E-state index < -0.39 is 5.57 Å². The van der Waals surface area contributed by atoms with Crippen LogP contribution < -0.4 is 10.1 Å². The fraction of sp³-hybridized carbons (Fsp3) is 0.190. The molecule has 1 aliphatic rings. The number of fused-ring (bicyclic) bond motifs is 3. The van der Waals surface area contributed by atoms with Crippen LogP contribution in [0.3, 0.4) is 0 Å². The number of alkyl halides is 3. The van der Waals surface area contributed by atoms with Gasteiger partial charge in [0.1, 0.15) is 5.75 Å². The van der Waals surface area contributed by atoms with Crippen molar-refractivity contribution < 1.29 is 18.3 Å². The Balaban J connectivity index is 1.49. The van der Waals surface area contributed by atoms with E-state index in [9.17, 15) is 13.6 Å². The molecule has 0 saturated heterocycles. The van der Waals surface area contributed by atoms with Crippen molar-refractivity contribution >= 4 is 46.0 Å². The molecule has 164 valence electrons. The lowest BCUT2D eigenvalue weighted by molar-refractivity contribution is -0.0964. The molecule has 0 spiro atoms. The third kappa shape index (κ3) is 3.91. The standard InChI is InChI=1S/C21H16ClF2N5O2S/c1-11-10-32-20-27-17-9-12(8-15(18(17)29(11)20)16-6-7-25-28-16)19(30)26-13-2-4-14(5-3-13)31-21(22,23)24/h2-9,11H,10H2,1H3,(H,25,28)(H,26,30)/t11-/m1/s1. The van der Waals surface area contributed by atoms with Gasteiger partial charge < -0.3 is 14.6 Å². The van der Waals surface area contributed by atoms with E-state index in [0.29, 0.717) is 16.8 Å². The Morgan fingerprint density at radius 2 is 2.09 bits per heavy atom. The Hall–Kier alpha value is -3.11. The lowest BCUT2D eigenvalue weighted by Gasteiger charge is -2.13. The molecular formula is C21H16ClF2N5O2S. The van der Waals surface area contributed by atoms with Crippen molar-refractivity contribution in [2.24, 2.45) is 0 Å². The molecule has 1 aliphatic heterocycles. The van der Waals surface area contributed by atoms with Crippen molar-refractivity contribution in [3.8, 4) is 17.0 Å². The van der Waals surface area contributed by atoms with Crippen LogP contribution in [0.2, 0.25) is 0 Å². The minimum absolute atomic E-state index is 0.120. The fourth-order valence-electron chi connectivity index (χ4n) is 3.68. The molecule has 2 aromatic carbocycles. The number of nitrogens with zero attached hydrogens (tertiary/aromatic N) is 3. The Morgan fingerprint density at radius 1 is 1.31 bits per heavy atom. The maximum Gasteiger partial charge on any atom is 0.487 e. The number of nitrogens with one attached hydrogen (secondary N) is 2. The molecule has 0 fully saturated rings. The molecular weight excluding hydrogens is 460 g/mol. The van der Waals surface area contributed by atoms with Crippen LogP contribution in [-0.4, -0.2) is 37.0 Å². The summed E-state index contributed by atoms with van der Waals surface area (Å²) in [5.74, 6) is 0.459. The van der Waals surface area contributed by atoms with E-state index in [0.717, 1.165) is 27.7 Å². The summed E-state index contributed by atoms with van der Waals surface area (Å²) < 4.78 is 32.0. The van der Waals surface area contributed by atoms with E-state index in [1.807, 2.05) is 6.07 Å². The molecule has 4 aromatic rings. The number of rotatable bonds is 5. The highest BCUT2D eigenvalue weighted by molar-refractivity contribution is 7.99. The summed E-state index contributed by atoms with van der Waals surface area (Å²) >= 11 is 6.45. The summed E-state index contributed by atoms with van der Waals surface area (Å²) in [4.78, 5) is 17.7. The molecule has 0 aliphatic carbocycles. The van der Waals surface area contributed by atoms with E-state index in [2.05, 4.69) is 31.7 Å². The molecule has 0 bridgehead atoms. The SMILES string of the molecule is C[C@@H]1CSc2nc3cc(C(=O)Nc4ccc(OC(F)(F)Cl)cc4)cc(-c4ccn[nH]4)c3n21. The molecule has 0 radical (unpaired) electrons. The molecule has 11 heteroatoms. The normalized spacial score (nSPS) is 15.7. The summed E-state index contributed by atoms with van der Waals surface area (Å²) in [5.41, 5.74) is 0.283. The van der Waals surface area contributed by atoms with Gasteiger partial charge in [-0.25, -0.2) is 4.98 Å². The number of H-pyrrole nitrogens is 1. The number of carbonyl (C=O) groups is 1. The Labute approximate surface area is 190 Å². The van der Waals surface area contributed by atoms with Crippen LogP contribution in [0.25, 0.3) is 22.3 Å². The van der Waals surface area contributed by atoms with Crippen LogP contribution in [-0.2, 0) is 0 Å². The average molecular weight is 476 g/mol. The van der Waals surface area contributed by atoms with Gasteiger partial charge in [-0.05, 0) is 49.4 Å². The van der Waals surface area contributed by atoms with Crippen molar-refractivity contribution in [2.45, 2.75) is 23.7 Å². The number of aromatic nitrogens is 4. The highest BCUT2D eigenvalue weighted by Crippen LogP contribution is 2.40. The van der Waals surface area contributed by atoms with Crippen molar-refractivity contribution in [1.29, 1.82) is 0 Å². The van der Waals surface area contributed by atoms with Gasteiger partial charge in [0, 0.05) is 46.4 Å². The zero-order valence-electron chi connectivity index (χ0n) is 16.6. The molecule has 1 atom stereocenters. The number of halogens is 3. The first-order valence-corrected chi connectivity index (χ1v) is 11.0. The van der Waals surface area contributed by atoms with Crippen molar-refractivity contribution in [1.82, 2.24) is 19.7 Å². The molecule has 5 rings (SSSR count). The van der Waals surface area contributed by atoms with E-state index in [-0.39, 0.29) is 17.7 Å². The number of thioether (sulfide) groups is 1. The zero-order valence-corrected chi connectivity index (χ0v) is 18.2. The van der Waals surface area contributed by atoms with Gasteiger partial charge in [0.15, 0.2) is 5.16 Å². The van der Waals surface area contributed by atoms with Crippen LogP contribution in [0.5, 0.6) is 5.75 Å². The number of amides is 1. The molecule has 7 nitrogen and oxygen atoms in total. The first-order valence-electron chi connectivity index (χ1n) is 9.64. The topological polar surface area (TPSA) is 84.8 Å². The van der Waals surface area contributed by atoms with Gasteiger partial charge in [-0.2, -0.15) is 5.10 Å². The Kier molecular flexibility index (Phi) is 5.06. The number of imidazole rings is 1. The van der Waals surface area contributed by atoms with E-state index in [1.54, 1.807) is 30.1 Å². The average Bonchev–Trinajstić information content (AvgIpc) is 3.46. The van der Waals surface area contributed by atoms with Crippen molar-refractivity contribution in [3.05, 3.63) is 54.2 Å². The van der Waals surface area contributed by atoms with Crippen LogP contribution in [0.1, 0.15) is 23.3 Å². The molecule has 0 unspecified atom stereocenters. The monoisotopic (exact) mass is 475 g/mol. The minimum Gasteiger partial charge on any atom is -0.420 e. The number of carbonyl (C=O) groups excluding carboxylic acids is 1. The van der Waals surface area contributed by atoms with Crippen LogP contribution in [0.15, 0.2) is 53.8 Å². The lowest BCUT2D eigenvalue weighted by atomic mass is 10.0. The van der Waals surface area contributed by atoms with Gasteiger partial charge in [0.2, 0.25) is 0 Å². The van der Waals surface area contributed by atoms with Crippen molar-refractivity contribution in [2.75, 3.05) is 11.1 Å². The van der Waals surface area contributed by atoms with Gasteiger partial charge in [0.05, 0.1) is 16.7 Å². The number of ether oxygens (including phenoxy) is 1. The summed E-state index contributed by atoms with van der Waals surface area (Å²) in [5, 5.41) is 10.7. The summed E-state index contributed by atoms with van der Waals surface area (Å²) in [7, 11) is 0. The highest BCUT2D eigenvalue weighted by atomic mass is 35.5. The first kappa shape index (κ1) is 20.8. The maximum absolute atomic E-state index is 13.0. The van der Waals surface area contributed by atoms with Gasteiger partial charge >= 0.3 is 5.57 Å². The van der Waals surface area contributed by atoms with Crippen LogP contribution >= 0.6 is 23.4 Å². The number of aromatic amines is 1. The second-order valence-corrected chi connectivity index (χ2v) is 8.74. The number of anilines is 1. The van der Waals surface area contributed by atoms with E-state index >= 15 is 0 Å². The Morgan fingerprint density at radius 3 is 2.78 bits per heavy atom. The summed E-state index contributed by atoms with van der Waals surface area (Å²) in [6.45, 7) is 2.13. The number of hydrogen-bond donors (Lipinski definition) is 2.